The van der Waals surface area contributed by atoms with Crippen molar-refractivity contribution in [2.75, 3.05) is 53.5 Å². The molecule has 2 aromatic carbocycles. The third kappa shape index (κ3) is 4.58. The van der Waals surface area contributed by atoms with Gasteiger partial charge in [-0.25, -0.2) is 0 Å². The van der Waals surface area contributed by atoms with Gasteiger partial charge in [-0.15, -0.1) is 0 Å². The van der Waals surface area contributed by atoms with Crippen molar-refractivity contribution in [2.45, 2.75) is 0 Å². The first-order valence-electron chi connectivity index (χ1n) is 10.1. The second-order valence-electron chi connectivity index (χ2n) is 7.47. The lowest BCUT2D eigenvalue weighted by Gasteiger charge is -2.32. The van der Waals surface area contributed by atoms with Gasteiger partial charge in [0.05, 0.1) is 18.9 Å². The lowest BCUT2D eigenvalue weighted by atomic mass is 10.0. The minimum atomic E-state index is 0.0959. The summed E-state index contributed by atoms with van der Waals surface area (Å²) in [4.78, 5) is 4.72. The molecule has 0 radical (unpaired) electrons. The summed E-state index contributed by atoms with van der Waals surface area (Å²) in [5, 5.41) is 14.5. The predicted octanol–water partition coefficient (Wildman–Crippen LogP) is 3.35. The number of phenols is 1. The van der Waals surface area contributed by atoms with Crippen LogP contribution < -0.4 is 9.47 Å². The monoisotopic (exact) mass is 409 g/mol. The van der Waals surface area contributed by atoms with Crippen LogP contribution in [0.5, 0.6) is 17.2 Å². The highest BCUT2D eigenvalue weighted by Gasteiger charge is 2.17. The van der Waals surface area contributed by atoms with Gasteiger partial charge < -0.3 is 24.0 Å². The fourth-order valence-corrected chi connectivity index (χ4v) is 3.57. The molecule has 0 spiro atoms. The van der Waals surface area contributed by atoms with Crippen LogP contribution in [0, 0.1) is 0 Å². The maximum absolute atomic E-state index is 10.6. The predicted molar refractivity (Wildman–Crippen MR) is 115 cm³/mol. The summed E-state index contributed by atoms with van der Waals surface area (Å²) in [6.07, 6.45) is 1.65. The Kier molecular flexibility index (Phi) is 6.21. The lowest BCUT2D eigenvalue weighted by Crippen LogP contribution is -2.45. The number of aromatic hydroxyl groups is 1. The zero-order chi connectivity index (χ0) is 20.9. The van der Waals surface area contributed by atoms with Gasteiger partial charge in [0, 0.05) is 44.4 Å². The van der Waals surface area contributed by atoms with Crippen molar-refractivity contribution in [1.82, 2.24) is 15.0 Å². The molecule has 0 amide bonds. The van der Waals surface area contributed by atoms with Crippen LogP contribution in [-0.2, 0) is 0 Å². The Morgan fingerprint density at radius 2 is 1.73 bits per heavy atom. The highest BCUT2D eigenvalue weighted by molar-refractivity contribution is 5.82. The SMILES string of the molecule is COc1ccc(-c2cnoc2-c2ccc(OCCN3CCN(C)CC3)cc2O)cc1. The Morgan fingerprint density at radius 1 is 1.00 bits per heavy atom. The molecule has 2 heterocycles. The Morgan fingerprint density at radius 3 is 2.43 bits per heavy atom. The molecule has 7 heteroatoms. The molecule has 1 aliphatic rings. The molecule has 1 saturated heterocycles. The van der Waals surface area contributed by atoms with E-state index in [0.717, 1.165) is 49.6 Å². The summed E-state index contributed by atoms with van der Waals surface area (Å²) in [6, 6.07) is 12.9. The first-order valence-corrected chi connectivity index (χ1v) is 10.1. The average molecular weight is 409 g/mol. The van der Waals surface area contributed by atoms with Crippen molar-refractivity contribution in [2.24, 2.45) is 0 Å². The Balaban J connectivity index is 1.43. The smallest absolute Gasteiger partial charge is 0.178 e. The van der Waals surface area contributed by atoms with Crippen molar-refractivity contribution in [3.05, 3.63) is 48.7 Å². The molecular formula is C23H27N3O4. The van der Waals surface area contributed by atoms with Crippen LogP contribution in [-0.4, -0.2) is 73.6 Å². The molecule has 1 fully saturated rings. The van der Waals surface area contributed by atoms with Crippen LogP contribution >= 0.6 is 0 Å². The highest BCUT2D eigenvalue weighted by Crippen LogP contribution is 2.38. The maximum atomic E-state index is 10.6. The number of rotatable bonds is 7. The van der Waals surface area contributed by atoms with Crippen molar-refractivity contribution in [3.8, 4) is 39.7 Å². The molecule has 1 aromatic heterocycles. The number of likely N-dealkylation sites (N-methyl/N-ethyl adjacent to an activating group) is 1. The van der Waals surface area contributed by atoms with E-state index in [0.29, 0.717) is 23.7 Å². The fourth-order valence-electron chi connectivity index (χ4n) is 3.57. The molecule has 3 aromatic rings. The summed E-state index contributed by atoms with van der Waals surface area (Å²) in [5.41, 5.74) is 2.31. The molecule has 0 atom stereocenters. The van der Waals surface area contributed by atoms with E-state index >= 15 is 0 Å². The Hall–Kier alpha value is -3.03. The number of ether oxygens (including phenoxy) is 2. The molecule has 30 heavy (non-hydrogen) atoms. The molecule has 0 unspecified atom stereocenters. The molecular weight excluding hydrogens is 382 g/mol. The van der Waals surface area contributed by atoms with Crippen molar-refractivity contribution in [3.63, 3.8) is 0 Å². The van der Waals surface area contributed by atoms with Gasteiger partial charge in [-0.2, -0.15) is 0 Å². The Labute approximate surface area is 176 Å². The summed E-state index contributed by atoms with van der Waals surface area (Å²) in [7, 11) is 3.78. The molecule has 0 aliphatic carbocycles. The van der Waals surface area contributed by atoms with E-state index in [2.05, 4.69) is 22.0 Å². The van der Waals surface area contributed by atoms with Crippen LogP contribution in [0.25, 0.3) is 22.5 Å². The Bertz CT molecular complexity index is 963. The summed E-state index contributed by atoms with van der Waals surface area (Å²) in [5.74, 6) is 2.02. The average Bonchev–Trinajstić information content (AvgIpc) is 3.25. The van der Waals surface area contributed by atoms with Crippen LogP contribution in [0.1, 0.15) is 0 Å². The molecule has 1 aliphatic heterocycles. The zero-order valence-electron chi connectivity index (χ0n) is 17.4. The van der Waals surface area contributed by atoms with Gasteiger partial charge in [-0.1, -0.05) is 17.3 Å². The van der Waals surface area contributed by atoms with Crippen LogP contribution in [0.3, 0.4) is 0 Å². The fraction of sp³-hybridized carbons (Fsp3) is 0.348. The number of methoxy groups -OCH3 is 1. The number of aromatic nitrogens is 1. The third-order valence-electron chi connectivity index (χ3n) is 5.46. The maximum Gasteiger partial charge on any atom is 0.178 e. The minimum Gasteiger partial charge on any atom is -0.507 e. The first-order chi connectivity index (χ1) is 14.6. The van der Waals surface area contributed by atoms with Gasteiger partial charge in [-0.05, 0) is 36.9 Å². The molecule has 4 rings (SSSR count). The van der Waals surface area contributed by atoms with Gasteiger partial charge >= 0.3 is 0 Å². The van der Waals surface area contributed by atoms with E-state index in [4.69, 9.17) is 14.0 Å². The largest absolute Gasteiger partial charge is 0.507 e. The molecule has 7 nitrogen and oxygen atoms in total. The normalized spacial score (nSPS) is 15.3. The standard InChI is InChI=1S/C23H27N3O4/c1-25-9-11-26(12-10-25)13-14-29-19-7-8-20(22(27)15-19)23-21(16-24-30-23)17-3-5-18(28-2)6-4-17/h3-8,15-16,27H,9-14H2,1-2H3. The van der Waals surface area contributed by atoms with Gasteiger partial charge in [-0.3, -0.25) is 4.90 Å². The molecule has 0 bridgehead atoms. The van der Waals surface area contributed by atoms with E-state index in [1.54, 1.807) is 25.4 Å². The number of benzene rings is 2. The molecule has 1 N–H and O–H groups in total. The first kappa shape index (κ1) is 20.3. The van der Waals surface area contributed by atoms with E-state index in [9.17, 15) is 5.11 Å². The van der Waals surface area contributed by atoms with Crippen molar-refractivity contribution in [1.29, 1.82) is 0 Å². The van der Waals surface area contributed by atoms with E-state index in [1.807, 2.05) is 30.3 Å². The zero-order valence-corrected chi connectivity index (χ0v) is 17.4. The third-order valence-corrected chi connectivity index (χ3v) is 5.46. The number of hydrogen-bond donors (Lipinski definition) is 1. The van der Waals surface area contributed by atoms with Gasteiger partial charge in [0.2, 0.25) is 0 Å². The number of piperazine rings is 1. The highest BCUT2D eigenvalue weighted by atomic mass is 16.5. The quantitative estimate of drug-likeness (QED) is 0.642. The number of hydrogen-bond acceptors (Lipinski definition) is 7. The number of nitrogens with zero attached hydrogens (tertiary/aromatic N) is 3. The molecule has 158 valence electrons. The topological polar surface area (TPSA) is 71.2 Å². The second-order valence-corrected chi connectivity index (χ2v) is 7.47. The van der Waals surface area contributed by atoms with E-state index in [1.165, 1.54) is 0 Å². The minimum absolute atomic E-state index is 0.0959. The van der Waals surface area contributed by atoms with Crippen LogP contribution in [0.4, 0.5) is 0 Å². The van der Waals surface area contributed by atoms with Gasteiger partial charge in [0.25, 0.3) is 0 Å². The van der Waals surface area contributed by atoms with Gasteiger partial charge in [0.15, 0.2) is 5.76 Å². The van der Waals surface area contributed by atoms with Crippen molar-refractivity contribution >= 4 is 0 Å². The summed E-state index contributed by atoms with van der Waals surface area (Å²) in [6.45, 7) is 5.75. The summed E-state index contributed by atoms with van der Waals surface area (Å²) < 4.78 is 16.5. The van der Waals surface area contributed by atoms with Crippen LogP contribution in [0.2, 0.25) is 0 Å². The number of phenolic OH excluding ortho intramolecular Hbond substituents is 1. The van der Waals surface area contributed by atoms with Gasteiger partial charge in [0.1, 0.15) is 23.9 Å². The molecule has 0 saturated carbocycles. The van der Waals surface area contributed by atoms with E-state index in [-0.39, 0.29) is 5.75 Å². The van der Waals surface area contributed by atoms with E-state index < -0.39 is 0 Å². The van der Waals surface area contributed by atoms with Crippen LogP contribution in [0.15, 0.2) is 53.2 Å². The lowest BCUT2D eigenvalue weighted by molar-refractivity contribution is 0.133. The summed E-state index contributed by atoms with van der Waals surface area (Å²) >= 11 is 0. The van der Waals surface area contributed by atoms with Crippen molar-refractivity contribution < 1.29 is 19.1 Å². The second kappa shape index (κ2) is 9.19.